The number of aryl methyl sites for hydroxylation is 5. The van der Waals surface area contributed by atoms with Crippen molar-refractivity contribution in [3.8, 4) is 55.6 Å². The molecule has 0 saturated heterocycles. The highest BCUT2D eigenvalue weighted by molar-refractivity contribution is 5.97. The van der Waals surface area contributed by atoms with Gasteiger partial charge in [-0.3, -0.25) is 0 Å². The first-order chi connectivity index (χ1) is 41.7. The van der Waals surface area contributed by atoms with Crippen LogP contribution in [-0.2, 0) is 0 Å². The zero-order chi connectivity index (χ0) is 58.3. The van der Waals surface area contributed by atoms with E-state index >= 15 is 0 Å². The summed E-state index contributed by atoms with van der Waals surface area (Å²) in [5, 5.41) is 13.1. The van der Waals surface area contributed by atoms with E-state index in [4.69, 9.17) is 0 Å². The average molecular weight is 1090 g/mol. The smallest absolute Gasteiger partial charge is 0.0105 e. The maximum Gasteiger partial charge on any atom is -0.0105 e. The summed E-state index contributed by atoms with van der Waals surface area (Å²) in [4.78, 5) is 0. The van der Waals surface area contributed by atoms with Gasteiger partial charge in [-0.05, 0) is 185 Å². The first-order valence-corrected chi connectivity index (χ1v) is 29.4. The molecule has 0 heterocycles. The van der Waals surface area contributed by atoms with Gasteiger partial charge < -0.3 is 0 Å². The van der Waals surface area contributed by atoms with Crippen LogP contribution in [0.15, 0.2) is 334 Å². The second kappa shape index (κ2) is 27.1. The number of fused-ring (bicyclic) bond motifs is 5. The Balaban J connectivity index is 0.000000114. The van der Waals surface area contributed by atoms with Crippen LogP contribution in [0.4, 0.5) is 0 Å². The van der Waals surface area contributed by atoms with Gasteiger partial charge in [0.2, 0.25) is 0 Å². The van der Waals surface area contributed by atoms with Crippen molar-refractivity contribution in [2.75, 3.05) is 0 Å². The third kappa shape index (κ3) is 14.4. The van der Waals surface area contributed by atoms with E-state index < -0.39 is 0 Å². The highest BCUT2D eigenvalue weighted by atomic mass is 14.1. The van der Waals surface area contributed by atoms with E-state index in [1.165, 1.54) is 137 Å². The molecule has 0 aliphatic carbocycles. The van der Waals surface area contributed by atoms with Crippen LogP contribution in [0.2, 0.25) is 0 Å². The van der Waals surface area contributed by atoms with Crippen molar-refractivity contribution in [3.05, 3.63) is 361 Å². The maximum absolute atomic E-state index is 2.30. The lowest BCUT2D eigenvalue weighted by Gasteiger charge is -2.11. The molecule has 0 nitrogen and oxygen atoms in total. The second-order valence-electron chi connectivity index (χ2n) is 22.1. The Bertz CT molecular complexity index is 4660. The minimum Gasteiger partial charge on any atom is -0.0622 e. The van der Waals surface area contributed by atoms with Crippen molar-refractivity contribution in [2.24, 2.45) is 0 Å². The summed E-state index contributed by atoms with van der Waals surface area (Å²) in [5.41, 5.74) is 19.3. The van der Waals surface area contributed by atoms with E-state index in [-0.39, 0.29) is 0 Å². The summed E-state index contributed by atoms with van der Waals surface area (Å²) in [6, 6.07) is 119. The Morgan fingerprint density at radius 3 is 1.02 bits per heavy atom. The Kier molecular flexibility index (Phi) is 18.0. The molecule has 0 amide bonds. The number of hydrogen-bond acceptors (Lipinski definition) is 0. The topological polar surface area (TPSA) is 0 Å². The largest absolute Gasteiger partial charge is 0.0622 e. The first kappa shape index (κ1) is 56.5. The van der Waals surface area contributed by atoms with Gasteiger partial charge in [0.1, 0.15) is 0 Å². The summed E-state index contributed by atoms with van der Waals surface area (Å²) in [6.07, 6.45) is 0. The molecule has 0 fully saturated rings. The fourth-order valence-electron chi connectivity index (χ4n) is 11.2. The van der Waals surface area contributed by atoms with Crippen molar-refractivity contribution in [2.45, 2.75) is 34.6 Å². The van der Waals surface area contributed by atoms with E-state index in [2.05, 4.69) is 362 Å². The minimum atomic E-state index is 1.26. The van der Waals surface area contributed by atoms with Crippen LogP contribution in [0, 0.1) is 34.6 Å². The zero-order valence-electron chi connectivity index (χ0n) is 49.3. The van der Waals surface area contributed by atoms with Crippen LogP contribution in [0.25, 0.3) is 109 Å². The summed E-state index contributed by atoms with van der Waals surface area (Å²) in [5.74, 6) is 0. The van der Waals surface area contributed by atoms with Gasteiger partial charge in [-0.1, -0.05) is 321 Å². The predicted molar refractivity (Wildman–Crippen MR) is 371 cm³/mol. The van der Waals surface area contributed by atoms with Gasteiger partial charge in [-0.2, -0.15) is 0 Å². The van der Waals surface area contributed by atoms with Crippen LogP contribution in [0.1, 0.15) is 27.8 Å². The third-order valence-corrected chi connectivity index (χ3v) is 15.6. The van der Waals surface area contributed by atoms with Crippen LogP contribution in [0.5, 0.6) is 0 Å². The molecule has 85 heavy (non-hydrogen) atoms. The SMILES string of the molecule is Cc1cc(-c2ccccc2)cc(-c2ccc3ccccc3c2)c1.Cc1cc(-c2ccccc2)cc(-c2cccc3ccccc23)c1.Cc1ccc2cc(-c3ccccc3)ccc2c1.Cc1ccc2ccccc2c1.Cc1cccc2ccccc12. The molecule has 0 atom stereocenters. The Morgan fingerprint density at radius 2 is 0.482 bits per heavy atom. The fraction of sp³-hybridized carbons (Fsp3) is 0.0588. The molecule has 15 aromatic carbocycles. The van der Waals surface area contributed by atoms with Gasteiger partial charge in [0.25, 0.3) is 0 Å². The number of benzene rings is 15. The monoisotopic (exact) mass is 1090 g/mol. The molecule has 0 spiro atoms. The Labute approximate surface area is 502 Å². The van der Waals surface area contributed by atoms with Crippen molar-refractivity contribution in [3.63, 3.8) is 0 Å². The molecule has 0 unspecified atom stereocenters. The van der Waals surface area contributed by atoms with Crippen molar-refractivity contribution in [1.82, 2.24) is 0 Å². The van der Waals surface area contributed by atoms with E-state index in [0.717, 1.165) is 0 Å². The normalized spacial score (nSPS) is 10.6. The van der Waals surface area contributed by atoms with Gasteiger partial charge in [-0.15, -0.1) is 0 Å². The molecule has 0 aliphatic rings. The van der Waals surface area contributed by atoms with E-state index in [0.29, 0.717) is 0 Å². The van der Waals surface area contributed by atoms with Crippen LogP contribution in [0.3, 0.4) is 0 Å². The van der Waals surface area contributed by atoms with Gasteiger partial charge in [-0.25, -0.2) is 0 Å². The molecule has 0 N–H and O–H groups in total. The van der Waals surface area contributed by atoms with Crippen LogP contribution >= 0.6 is 0 Å². The molecular formula is C85H70. The first-order valence-electron chi connectivity index (χ1n) is 29.4. The second-order valence-corrected chi connectivity index (χ2v) is 22.1. The molecule has 0 aromatic heterocycles. The molecule has 0 aliphatic heterocycles. The highest BCUT2D eigenvalue weighted by Crippen LogP contribution is 2.34. The maximum atomic E-state index is 2.30. The lowest BCUT2D eigenvalue weighted by Crippen LogP contribution is -1.86. The van der Waals surface area contributed by atoms with Gasteiger partial charge >= 0.3 is 0 Å². The molecule has 15 rings (SSSR count). The molecular weight excluding hydrogens is 1020 g/mol. The quantitative estimate of drug-likeness (QED) is 0.161. The van der Waals surface area contributed by atoms with E-state index in [9.17, 15) is 0 Å². The van der Waals surface area contributed by atoms with Gasteiger partial charge in [0.05, 0.1) is 0 Å². The summed E-state index contributed by atoms with van der Waals surface area (Å²) in [6.45, 7) is 10.7. The summed E-state index contributed by atoms with van der Waals surface area (Å²) in [7, 11) is 0. The fourth-order valence-corrected chi connectivity index (χ4v) is 11.2. The molecule has 0 radical (unpaired) electrons. The third-order valence-electron chi connectivity index (χ3n) is 15.6. The van der Waals surface area contributed by atoms with E-state index in [1.54, 1.807) is 0 Å². The van der Waals surface area contributed by atoms with Crippen molar-refractivity contribution < 1.29 is 0 Å². The highest BCUT2D eigenvalue weighted by Gasteiger charge is 2.08. The summed E-state index contributed by atoms with van der Waals surface area (Å²) < 4.78 is 0. The number of hydrogen-bond donors (Lipinski definition) is 0. The number of rotatable bonds is 5. The van der Waals surface area contributed by atoms with Crippen molar-refractivity contribution in [1.29, 1.82) is 0 Å². The summed E-state index contributed by atoms with van der Waals surface area (Å²) >= 11 is 0. The minimum absolute atomic E-state index is 1.26. The Hall–Kier alpha value is -10.4. The van der Waals surface area contributed by atoms with Crippen molar-refractivity contribution >= 4 is 53.9 Å². The van der Waals surface area contributed by atoms with Crippen LogP contribution in [-0.4, -0.2) is 0 Å². The predicted octanol–water partition coefficient (Wildman–Crippen LogP) is 24.1. The standard InChI is InChI=1S/2C23H18.C17H14.2C11H10/c1-17-14-20(18-8-3-2-4-9-18)16-21(15-17)23-13-7-11-19-10-5-6-12-22(19)23;1-17-13-22(18-7-3-2-4-8-18)16-23(14-17)21-12-11-19-9-5-6-10-20(19)15-21;1-13-7-8-17-12-16(10-9-15(17)11-13)14-5-3-2-4-6-14;1-9-5-4-7-10-6-2-3-8-11(9)10;1-9-6-7-10-4-2-3-5-11(10)8-9/h2*2-16H,1H3;2-12H,1H3;2*2-8H,1H3. The molecule has 15 aromatic rings. The zero-order valence-corrected chi connectivity index (χ0v) is 49.3. The lowest BCUT2D eigenvalue weighted by molar-refractivity contribution is 1.46. The van der Waals surface area contributed by atoms with Crippen LogP contribution < -0.4 is 0 Å². The van der Waals surface area contributed by atoms with E-state index in [1.807, 2.05) is 6.07 Å². The molecule has 0 saturated carbocycles. The Morgan fingerprint density at radius 1 is 0.153 bits per heavy atom. The molecule has 0 bridgehead atoms. The lowest BCUT2D eigenvalue weighted by atomic mass is 9.93. The molecule has 410 valence electrons. The average Bonchev–Trinajstić information content (AvgIpc) is 3.75. The van der Waals surface area contributed by atoms with Gasteiger partial charge in [0.15, 0.2) is 0 Å². The molecule has 0 heteroatoms. The van der Waals surface area contributed by atoms with Gasteiger partial charge in [0, 0.05) is 0 Å².